The molecular weight excluding hydrogens is 226 g/mol. The van der Waals surface area contributed by atoms with Gasteiger partial charge in [0.25, 0.3) is 0 Å². The number of benzene rings is 1. The van der Waals surface area contributed by atoms with Crippen molar-refractivity contribution in [2.45, 2.75) is 33.3 Å². The van der Waals surface area contributed by atoms with E-state index >= 15 is 0 Å². The van der Waals surface area contributed by atoms with Gasteiger partial charge in [-0.25, -0.2) is 0 Å². The zero-order chi connectivity index (χ0) is 13.1. The van der Waals surface area contributed by atoms with Crippen LogP contribution >= 0.6 is 0 Å². The maximum Gasteiger partial charge on any atom is 0.123 e. The van der Waals surface area contributed by atoms with E-state index < -0.39 is 0 Å². The van der Waals surface area contributed by atoms with Crippen molar-refractivity contribution in [2.24, 2.45) is 21.9 Å². The van der Waals surface area contributed by atoms with Crippen LogP contribution in [0.2, 0.25) is 0 Å². The third-order valence-corrected chi connectivity index (χ3v) is 2.79. The molecule has 0 spiro atoms. The molecule has 1 aromatic carbocycles. The van der Waals surface area contributed by atoms with Crippen LogP contribution in [0.3, 0.4) is 0 Å². The molecule has 0 aromatic heterocycles. The molecule has 1 heterocycles. The van der Waals surface area contributed by atoms with Gasteiger partial charge in [-0.15, -0.1) is 5.10 Å². The molecule has 4 heteroatoms. The predicted molar refractivity (Wildman–Crippen MR) is 74.1 cm³/mol. The summed E-state index contributed by atoms with van der Waals surface area (Å²) in [7, 11) is 0. The van der Waals surface area contributed by atoms with Crippen LogP contribution in [-0.2, 0) is 0 Å². The van der Waals surface area contributed by atoms with E-state index in [1.165, 1.54) is 0 Å². The van der Waals surface area contributed by atoms with Gasteiger partial charge in [0.1, 0.15) is 11.6 Å². The molecule has 0 saturated heterocycles. The smallest absolute Gasteiger partial charge is 0.123 e. The summed E-state index contributed by atoms with van der Waals surface area (Å²) in [5.74, 6) is 1.78. The Bertz CT molecular complexity index is 474. The first-order chi connectivity index (χ1) is 8.56. The Labute approximate surface area is 108 Å². The molecular formula is C14H19N3O. The van der Waals surface area contributed by atoms with Gasteiger partial charge in [0.15, 0.2) is 0 Å². The van der Waals surface area contributed by atoms with Crippen LogP contribution < -0.4 is 10.5 Å². The largest absolute Gasteiger partial charge is 0.491 e. The zero-order valence-corrected chi connectivity index (χ0v) is 11.1. The molecule has 2 N–H and O–H groups in total. The van der Waals surface area contributed by atoms with E-state index in [0.29, 0.717) is 11.8 Å². The summed E-state index contributed by atoms with van der Waals surface area (Å²) >= 11 is 0. The lowest BCUT2D eigenvalue weighted by atomic mass is 9.94. The number of nitrogens with zero attached hydrogens (tertiary/aromatic N) is 2. The first-order valence-corrected chi connectivity index (χ1v) is 6.23. The molecule has 1 unspecified atom stereocenters. The van der Waals surface area contributed by atoms with Gasteiger partial charge in [-0.3, -0.25) is 0 Å². The molecule has 0 saturated carbocycles. The van der Waals surface area contributed by atoms with Crippen LogP contribution in [0.25, 0.3) is 0 Å². The highest BCUT2D eigenvalue weighted by Crippen LogP contribution is 2.20. The van der Waals surface area contributed by atoms with Crippen molar-refractivity contribution in [1.29, 1.82) is 0 Å². The molecule has 1 atom stereocenters. The van der Waals surface area contributed by atoms with Crippen molar-refractivity contribution in [3.63, 3.8) is 0 Å². The summed E-state index contributed by atoms with van der Waals surface area (Å²) < 4.78 is 5.61. The molecule has 18 heavy (non-hydrogen) atoms. The minimum absolute atomic E-state index is 0.186. The summed E-state index contributed by atoms with van der Waals surface area (Å²) in [5.41, 5.74) is 7.73. The van der Waals surface area contributed by atoms with Gasteiger partial charge >= 0.3 is 0 Å². The molecule has 2 rings (SSSR count). The van der Waals surface area contributed by atoms with E-state index in [1.54, 1.807) is 0 Å². The van der Waals surface area contributed by atoms with Gasteiger partial charge in [-0.2, -0.15) is 5.10 Å². The maximum atomic E-state index is 5.67. The fraction of sp³-hybridized carbons (Fsp3) is 0.429. The number of hydrogen-bond acceptors (Lipinski definition) is 4. The number of rotatable bonds is 3. The van der Waals surface area contributed by atoms with Gasteiger partial charge in [-0.1, -0.05) is 6.92 Å². The van der Waals surface area contributed by atoms with Crippen molar-refractivity contribution >= 4 is 11.5 Å². The molecule has 1 aliphatic rings. The molecule has 0 fully saturated rings. The average molecular weight is 245 g/mol. The fourth-order valence-electron chi connectivity index (χ4n) is 1.99. The Hall–Kier alpha value is -1.84. The molecule has 0 radical (unpaired) electrons. The average Bonchev–Trinajstić information content (AvgIpc) is 2.30. The molecule has 96 valence electrons. The lowest BCUT2D eigenvalue weighted by molar-refractivity contribution is 0.242. The van der Waals surface area contributed by atoms with Crippen LogP contribution in [0.5, 0.6) is 5.75 Å². The molecule has 0 amide bonds. The van der Waals surface area contributed by atoms with Crippen molar-refractivity contribution in [1.82, 2.24) is 0 Å². The number of hydrogen-bond donors (Lipinski definition) is 1. The van der Waals surface area contributed by atoms with E-state index in [2.05, 4.69) is 17.1 Å². The molecule has 1 aliphatic heterocycles. The van der Waals surface area contributed by atoms with Crippen LogP contribution in [0.1, 0.15) is 32.8 Å². The third-order valence-electron chi connectivity index (χ3n) is 2.79. The maximum absolute atomic E-state index is 5.67. The second kappa shape index (κ2) is 5.21. The topological polar surface area (TPSA) is 60.0 Å². The monoisotopic (exact) mass is 245 g/mol. The Morgan fingerprint density at radius 2 is 1.89 bits per heavy atom. The van der Waals surface area contributed by atoms with E-state index in [1.807, 2.05) is 38.1 Å². The third kappa shape index (κ3) is 2.88. The first-order valence-electron chi connectivity index (χ1n) is 6.23. The van der Waals surface area contributed by atoms with Gasteiger partial charge in [-0.05, 0) is 43.7 Å². The molecule has 1 aromatic rings. The van der Waals surface area contributed by atoms with Crippen LogP contribution in [0, 0.1) is 5.92 Å². The number of amidine groups is 1. The Morgan fingerprint density at radius 3 is 2.44 bits per heavy atom. The highest BCUT2D eigenvalue weighted by atomic mass is 16.5. The normalized spacial score (nSPS) is 19.4. The lowest BCUT2D eigenvalue weighted by Crippen LogP contribution is -2.25. The Kier molecular flexibility index (Phi) is 3.65. The highest BCUT2D eigenvalue weighted by Gasteiger charge is 2.18. The second-order valence-electron chi connectivity index (χ2n) is 4.87. The summed E-state index contributed by atoms with van der Waals surface area (Å²) in [5, 5.41) is 8.15. The fourth-order valence-corrected chi connectivity index (χ4v) is 1.99. The molecule has 4 nitrogen and oxygen atoms in total. The first kappa shape index (κ1) is 12.6. The van der Waals surface area contributed by atoms with Gasteiger partial charge in [0.05, 0.1) is 11.8 Å². The van der Waals surface area contributed by atoms with E-state index in [0.717, 1.165) is 23.4 Å². The van der Waals surface area contributed by atoms with E-state index in [9.17, 15) is 0 Å². The second-order valence-corrected chi connectivity index (χ2v) is 4.87. The van der Waals surface area contributed by atoms with Gasteiger partial charge in [0.2, 0.25) is 0 Å². The summed E-state index contributed by atoms with van der Waals surface area (Å²) in [4.78, 5) is 0. The summed E-state index contributed by atoms with van der Waals surface area (Å²) in [6.07, 6.45) is 0.953. The standard InChI is InChI=1S/C14H19N3O/c1-9(2)18-12-6-4-11(5-7-12)14-10(3)8-13(15)16-17-14/h4-7,9-10H,8H2,1-3H3,(H2,15,16). The van der Waals surface area contributed by atoms with Crippen molar-refractivity contribution < 1.29 is 4.74 Å². The Balaban J connectivity index is 2.19. The van der Waals surface area contributed by atoms with Crippen LogP contribution in [-0.4, -0.2) is 17.7 Å². The highest BCUT2D eigenvalue weighted by molar-refractivity contribution is 6.05. The van der Waals surface area contributed by atoms with Gasteiger partial charge in [0, 0.05) is 12.3 Å². The zero-order valence-electron chi connectivity index (χ0n) is 11.1. The number of ether oxygens (including phenoxy) is 1. The molecule has 0 aliphatic carbocycles. The van der Waals surface area contributed by atoms with Crippen LogP contribution in [0.4, 0.5) is 0 Å². The minimum Gasteiger partial charge on any atom is -0.491 e. The van der Waals surface area contributed by atoms with Crippen molar-refractivity contribution in [3.8, 4) is 5.75 Å². The van der Waals surface area contributed by atoms with E-state index in [-0.39, 0.29) is 6.10 Å². The quantitative estimate of drug-likeness (QED) is 0.889. The predicted octanol–water partition coefficient (Wildman–Crippen LogP) is 2.57. The molecule has 0 bridgehead atoms. The SMILES string of the molecule is CC(C)Oc1ccc(C2=NN=C(N)CC2C)cc1. The van der Waals surface area contributed by atoms with Crippen LogP contribution in [0.15, 0.2) is 34.5 Å². The van der Waals surface area contributed by atoms with E-state index in [4.69, 9.17) is 10.5 Å². The summed E-state index contributed by atoms with van der Waals surface area (Å²) in [6, 6.07) is 7.96. The Morgan fingerprint density at radius 1 is 1.22 bits per heavy atom. The van der Waals surface area contributed by atoms with Crippen molar-refractivity contribution in [3.05, 3.63) is 29.8 Å². The van der Waals surface area contributed by atoms with Crippen molar-refractivity contribution in [2.75, 3.05) is 0 Å². The lowest BCUT2D eigenvalue weighted by Gasteiger charge is -2.17. The summed E-state index contributed by atoms with van der Waals surface area (Å²) in [6.45, 7) is 6.14. The van der Waals surface area contributed by atoms with Gasteiger partial charge < -0.3 is 10.5 Å². The minimum atomic E-state index is 0.186. The number of nitrogens with two attached hydrogens (primary N) is 1.